The number of amides is 2. The summed E-state index contributed by atoms with van der Waals surface area (Å²) in [5.74, 6) is 0.713. The number of carboxylic acids is 1. The fraction of sp³-hybridized carbons (Fsp3) is 0.333. The summed E-state index contributed by atoms with van der Waals surface area (Å²) >= 11 is 0. The number of carbonyl (C=O) groups excluding carboxylic acids is 2. The van der Waals surface area contributed by atoms with Gasteiger partial charge in [0.2, 0.25) is 5.91 Å². The van der Waals surface area contributed by atoms with E-state index in [0.29, 0.717) is 23.7 Å². The number of ether oxygens (including phenoxy) is 3. The van der Waals surface area contributed by atoms with Gasteiger partial charge in [-0.15, -0.1) is 0 Å². The van der Waals surface area contributed by atoms with Gasteiger partial charge in [0.25, 0.3) is 5.91 Å². The number of pyridine rings is 1. The topological polar surface area (TPSA) is 127 Å². The Balaban J connectivity index is 0.988. The van der Waals surface area contributed by atoms with Crippen LogP contribution in [0.2, 0.25) is 0 Å². The molecule has 1 aliphatic carbocycles. The smallest absolute Gasteiger partial charge is 0.326 e. The first-order valence-electron chi connectivity index (χ1n) is 20.2. The number of rotatable bonds is 10. The SMILES string of the molecule is Cc1nccc(-c2ccc(C[C@H](NC(=O)[C@@H]3Cc4cc5c(cc4CN3C(=O)c3ccccc3)O[C@@H](c3ccc(OC4CCC(C)CC4)cc3)CO5)C(=O)O)cc2)c1C. The van der Waals surface area contributed by atoms with Gasteiger partial charge in [0, 0.05) is 36.8 Å². The molecule has 1 saturated carbocycles. The summed E-state index contributed by atoms with van der Waals surface area (Å²) < 4.78 is 19.0. The zero-order valence-electron chi connectivity index (χ0n) is 33.1. The van der Waals surface area contributed by atoms with Crippen LogP contribution in [-0.4, -0.2) is 57.6 Å². The molecule has 3 heterocycles. The number of aryl methyl sites for hydroxylation is 1. The maximum absolute atomic E-state index is 14.2. The summed E-state index contributed by atoms with van der Waals surface area (Å²) in [6.07, 6.45) is 6.48. The first kappa shape index (κ1) is 38.7. The van der Waals surface area contributed by atoms with Gasteiger partial charge >= 0.3 is 5.97 Å². The fourth-order valence-electron chi connectivity index (χ4n) is 8.29. The van der Waals surface area contributed by atoms with Crippen molar-refractivity contribution < 1.29 is 33.7 Å². The van der Waals surface area contributed by atoms with Crippen molar-refractivity contribution in [1.82, 2.24) is 15.2 Å². The summed E-state index contributed by atoms with van der Waals surface area (Å²) in [6, 6.07) is 28.1. The van der Waals surface area contributed by atoms with Gasteiger partial charge in [-0.05, 0) is 127 Å². The third-order valence-electron chi connectivity index (χ3n) is 11.9. The molecular formula is C48H49N3O7. The maximum atomic E-state index is 14.2. The van der Waals surface area contributed by atoms with E-state index < -0.39 is 24.0 Å². The second-order valence-corrected chi connectivity index (χ2v) is 15.9. The Labute approximate surface area is 339 Å². The van der Waals surface area contributed by atoms with Crippen molar-refractivity contribution in [2.24, 2.45) is 5.92 Å². The van der Waals surface area contributed by atoms with Crippen molar-refractivity contribution >= 4 is 17.8 Å². The van der Waals surface area contributed by atoms with E-state index in [9.17, 15) is 19.5 Å². The van der Waals surface area contributed by atoms with E-state index in [1.165, 1.54) is 17.7 Å². The second kappa shape index (κ2) is 16.7. The molecule has 2 amide bonds. The first-order chi connectivity index (χ1) is 28.1. The molecule has 5 aromatic rings. The van der Waals surface area contributed by atoms with E-state index in [-0.39, 0.29) is 37.5 Å². The van der Waals surface area contributed by atoms with Crippen molar-refractivity contribution in [3.05, 3.63) is 142 Å². The fourth-order valence-corrected chi connectivity index (χ4v) is 8.29. The normalized spacial score (nSPS) is 20.4. The van der Waals surface area contributed by atoms with Gasteiger partial charge in [0.05, 0.1) is 6.10 Å². The zero-order chi connectivity index (χ0) is 40.3. The molecule has 10 heteroatoms. The Kier molecular flexibility index (Phi) is 11.2. The Hall–Kier alpha value is -6.16. The lowest BCUT2D eigenvalue weighted by Gasteiger charge is -2.37. The molecule has 10 nitrogen and oxygen atoms in total. The first-order valence-corrected chi connectivity index (χ1v) is 20.2. The van der Waals surface area contributed by atoms with E-state index in [2.05, 4.69) is 17.2 Å². The minimum Gasteiger partial charge on any atom is -0.490 e. The Morgan fingerprint density at radius 1 is 0.897 bits per heavy atom. The Morgan fingerprint density at radius 2 is 1.62 bits per heavy atom. The highest BCUT2D eigenvalue weighted by atomic mass is 16.6. The van der Waals surface area contributed by atoms with Crippen LogP contribution in [0.1, 0.15) is 82.6 Å². The maximum Gasteiger partial charge on any atom is 0.326 e. The highest BCUT2D eigenvalue weighted by molar-refractivity contribution is 5.98. The molecule has 0 saturated heterocycles. The summed E-state index contributed by atoms with van der Waals surface area (Å²) in [5.41, 5.74) is 7.89. The number of nitrogens with zero attached hydrogens (tertiary/aromatic N) is 2. The van der Waals surface area contributed by atoms with E-state index in [0.717, 1.165) is 69.1 Å². The van der Waals surface area contributed by atoms with Crippen molar-refractivity contribution in [1.29, 1.82) is 0 Å². The van der Waals surface area contributed by atoms with Gasteiger partial charge in [-0.3, -0.25) is 14.6 Å². The molecule has 3 aliphatic rings. The van der Waals surface area contributed by atoms with Gasteiger partial charge < -0.3 is 29.5 Å². The number of aromatic nitrogens is 1. The van der Waals surface area contributed by atoms with E-state index in [4.69, 9.17) is 14.2 Å². The second-order valence-electron chi connectivity index (χ2n) is 15.9. The average molecular weight is 780 g/mol. The number of carboxylic acid groups (broad SMARTS) is 1. The highest BCUT2D eigenvalue weighted by Crippen LogP contribution is 2.41. The summed E-state index contributed by atoms with van der Waals surface area (Å²) in [7, 11) is 0. The van der Waals surface area contributed by atoms with Gasteiger partial charge in [0.1, 0.15) is 24.4 Å². The standard InChI is InChI=1S/C48H49N3O7/c1-29-9-17-38(18-10-29)57-39-19-15-34(16-20-39)45-28-56-43-25-36-24-42(51(27-37(36)26-44(43)58-45)47(53)35-7-5-4-6-8-35)46(52)50-41(48(54)55)23-32-11-13-33(14-12-32)40-21-22-49-31(3)30(40)2/h4-8,11-16,19-22,25-26,29,38,41-42,45H,9-10,17-18,23-24,27-28H2,1-3H3,(H,50,52)(H,54,55)/t29?,38?,41-,42-,45+/m0/s1. The number of hydrogen-bond acceptors (Lipinski definition) is 7. The van der Waals surface area contributed by atoms with Crippen LogP contribution in [0.25, 0.3) is 11.1 Å². The molecule has 2 aliphatic heterocycles. The van der Waals surface area contributed by atoms with Crippen LogP contribution in [0.3, 0.4) is 0 Å². The van der Waals surface area contributed by atoms with Crippen LogP contribution in [0.15, 0.2) is 103 Å². The molecule has 2 N–H and O–H groups in total. The van der Waals surface area contributed by atoms with Crippen molar-refractivity contribution in [2.75, 3.05) is 6.61 Å². The molecule has 0 bridgehead atoms. The van der Waals surface area contributed by atoms with Crippen molar-refractivity contribution in [2.45, 2.75) is 90.1 Å². The number of fused-ring (bicyclic) bond motifs is 2. The van der Waals surface area contributed by atoms with Crippen LogP contribution in [0.5, 0.6) is 17.2 Å². The molecule has 1 aromatic heterocycles. The molecule has 8 rings (SSSR count). The molecule has 0 unspecified atom stereocenters. The van der Waals surface area contributed by atoms with Crippen LogP contribution in [0.4, 0.5) is 0 Å². The van der Waals surface area contributed by atoms with Crippen molar-refractivity contribution in [3.63, 3.8) is 0 Å². The lowest BCUT2D eigenvalue weighted by atomic mass is 9.89. The molecule has 3 atom stereocenters. The predicted molar refractivity (Wildman–Crippen MR) is 220 cm³/mol. The van der Waals surface area contributed by atoms with E-state index in [1.54, 1.807) is 30.5 Å². The highest BCUT2D eigenvalue weighted by Gasteiger charge is 2.38. The van der Waals surface area contributed by atoms with Crippen molar-refractivity contribution in [3.8, 4) is 28.4 Å². The lowest BCUT2D eigenvalue weighted by Crippen LogP contribution is -2.56. The van der Waals surface area contributed by atoms with Crippen LogP contribution >= 0.6 is 0 Å². The quantitative estimate of drug-likeness (QED) is 0.145. The molecule has 0 radical (unpaired) electrons. The summed E-state index contributed by atoms with van der Waals surface area (Å²) in [4.78, 5) is 46.7. The molecule has 58 heavy (non-hydrogen) atoms. The monoisotopic (exact) mass is 779 g/mol. The number of benzene rings is 4. The number of aliphatic carboxylic acids is 1. The molecule has 298 valence electrons. The van der Waals surface area contributed by atoms with Crippen LogP contribution in [-0.2, 0) is 29.0 Å². The Bertz CT molecular complexity index is 2290. The van der Waals surface area contributed by atoms with Gasteiger partial charge in [0.15, 0.2) is 17.6 Å². The third-order valence-corrected chi connectivity index (χ3v) is 11.9. The van der Waals surface area contributed by atoms with E-state index in [1.807, 2.05) is 86.6 Å². The average Bonchev–Trinajstić information content (AvgIpc) is 3.24. The number of nitrogens with one attached hydrogen (secondary N) is 1. The number of hydrogen-bond donors (Lipinski definition) is 2. The molecule has 1 fully saturated rings. The minimum absolute atomic E-state index is 0.0705. The lowest BCUT2D eigenvalue weighted by molar-refractivity contribution is -0.142. The summed E-state index contributed by atoms with van der Waals surface area (Å²) in [6.45, 7) is 6.72. The van der Waals surface area contributed by atoms with Gasteiger partial charge in [-0.25, -0.2) is 4.79 Å². The largest absolute Gasteiger partial charge is 0.490 e. The van der Waals surface area contributed by atoms with Gasteiger partial charge in [-0.1, -0.05) is 61.5 Å². The summed E-state index contributed by atoms with van der Waals surface area (Å²) in [5, 5.41) is 13.1. The number of carbonyl (C=O) groups is 3. The predicted octanol–water partition coefficient (Wildman–Crippen LogP) is 8.21. The molecular weight excluding hydrogens is 731 g/mol. The molecule has 0 spiro atoms. The zero-order valence-corrected chi connectivity index (χ0v) is 33.1. The van der Waals surface area contributed by atoms with Gasteiger partial charge in [-0.2, -0.15) is 0 Å². The van der Waals surface area contributed by atoms with Crippen LogP contribution < -0.4 is 19.5 Å². The third kappa shape index (κ3) is 8.42. The minimum atomic E-state index is -1.22. The van der Waals surface area contributed by atoms with E-state index >= 15 is 0 Å². The molecule has 4 aromatic carbocycles. The Morgan fingerprint density at radius 3 is 2.34 bits per heavy atom. The van der Waals surface area contributed by atoms with Crippen LogP contribution in [0, 0.1) is 19.8 Å².